The summed E-state index contributed by atoms with van der Waals surface area (Å²) in [5.41, 5.74) is 0.925. The highest BCUT2D eigenvalue weighted by molar-refractivity contribution is 5.78. The van der Waals surface area contributed by atoms with Crippen LogP contribution in [0.3, 0.4) is 0 Å². The summed E-state index contributed by atoms with van der Waals surface area (Å²) in [6.45, 7) is 4.67. The van der Waals surface area contributed by atoms with Gasteiger partial charge in [-0.05, 0) is 30.5 Å². The molecule has 0 saturated heterocycles. The lowest BCUT2D eigenvalue weighted by Gasteiger charge is -2.14. The topological polar surface area (TPSA) is 49.3 Å². The molecule has 0 aromatic heterocycles. The van der Waals surface area contributed by atoms with Crippen molar-refractivity contribution in [3.8, 4) is 5.75 Å². The molecule has 0 heterocycles. The number of nitrogens with one attached hydrogen (secondary N) is 1. The molecule has 2 N–H and O–H groups in total. The van der Waals surface area contributed by atoms with E-state index in [0.717, 1.165) is 31.2 Å². The minimum absolute atomic E-state index is 0.113. The van der Waals surface area contributed by atoms with E-state index in [4.69, 9.17) is 0 Å². The van der Waals surface area contributed by atoms with Crippen molar-refractivity contribution in [1.29, 1.82) is 0 Å². The van der Waals surface area contributed by atoms with Gasteiger partial charge in [0.05, 0.1) is 0 Å². The maximum absolute atomic E-state index is 12.0. The summed E-state index contributed by atoms with van der Waals surface area (Å²) < 4.78 is 0. The monoisotopic (exact) mass is 249 g/mol. The van der Waals surface area contributed by atoms with Gasteiger partial charge in [-0.3, -0.25) is 4.79 Å². The summed E-state index contributed by atoms with van der Waals surface area (Å²) in [5.74, 6) is 0.469. The van der Waals surface area contributed by atoms with Crippen molar-refractivity contribution in [3.05, 3.63) is 29.8 Å². The van der Waals surface area contributed by atoms with Crippen LogP contribution in [0, 0.1) is 5.92 Å². The minimum atomic E-state index is 0.113. The van der Waals surface area contributed by atoms with Gasteiger partial charge in [0.15, 0.2) is 0 Å². The molecule has 0 radical (unpaired) electrons. The molecule has 0 bridgehead atoms. The van der Waals surface area contributed by atoms with Crippen molar-refractivity contribution in [2.75, 3.05) is 0 Å². The Balaban J connectivity index is 2.44. The summed E-state index contributed by atoms with van der Waals surface area (Å²) in [6, 6.07) is 6.98. The quantitative estimate of drug-likeness (QED) is 0.779. The van der Waals surface area contributed by atoms with Crippen LogP contribution in [0.2, 0.25) is 0 Å². The zero-order valence-corrected chi connectivity index (χ0v) is 11.3. The van der Waals surface area contributed by atoms with Crippen molar-refractivity contribution in [3.63, 3.8) is 0 Å². The number of benzene rings is 1. The zero-order chi connectivity index (χ0) is 13.4. The van der Waals surface area contributed by atoms with Gasteiger partial charge >= 0.3 is 0 Å². The largest absolute Gasteiger partial charge is 0.508 e. The van der Waals surface area contributed by atoms with Crippen LogP contribution in [-0.4, -0.2) is 11.0 Å². The number of rotatable bonds is 7. The Kier molecular flexibility index (Phi) is 6.26. The standard InChI is InChI=1S/C15H23NO2/c1-3-5-8-13(4-2)15(18)16-11-12-7-6-9-14(17)10-12/h6-7,9-10,13,17H,3-5,8,11H2,1-2H3,(H,16,18). The number of carbonyl (C=O) groups excluding carboxylic acids is 1. The SMILES string of the molecule is CCCCC(CC)C(=O)NCc1cccc(O)c1. The molecule has 0 spiro atoms. The maximum Gasteiger partial charge on any atom is 0.223 e. The first-order valence-corrected chi connectivity index (χ1v) is 6.73. The Morgan fingerprint density at radius 2 is 2.17 bits per heavy atom. The summed E-state index contributed by atoms with van der Waals surface area (Å²) in [4.78, 5) is 12.0. The normalized spacial score (nSPS) is 12.1. The fourth-order valence-corrected chi connectivity index (χ4v) is 1.97. The van der Waals surface area contributed by atoms with E-state index < -0.39 is 0 Å². The second-order valence-electron chi connectivity index (χ2n) is 4.64. The van der Waals surface area contributed by atoms with Crippen LogP contribution in [-0.2, 0) is 11.3 Å². The van der Waals surface area contributed by atoms with Gasteiger partial charge in [-0.15, -0.1) is 0 Å². The number of hydrogen-bond donors (Lipinski definition) is 2. The second-order valence-corrected chi connectivity index (χ2v) is 4.64. The molecule has 1 aromatic carbocycles. The van der Waals surface area contributed by atoms with Crippen LogP contribution in [0.5, 0.6) is 5.75 Å². The fraction of sp³-hybridized carbons (Fsp3) is 0.533. The number of amides is 1. The van der Waals surface area contributed by atoms with E-state index in [-0.39, 0.29) is 17.6 Å². The molecule has 0 fully saturated rings. The van der Waals surface area contributed by atoms with E-state index >= 15 is 0 Å². The van der Waals surface area contributed by atoms with E-state index in [2.05, 4.69) is 12.2 Å². The molecule has 0 saturated carbocycles. The summed E-state index contributed by atoms with van der Waals surface area (Å²) in [7, 11) is 0. The average molecular weight is 249 g/mol. The first-order valence-electron chi connectivity index (χ1n) is 6.73. The molecule has 0 aliphatic heterocycles. The Morgan fingerprint density at radius 1 is 1.39 bits per heavy atom. The summed E-state index contributed by atoms with van der Waals surface area (Å²) in [6.07, 6.45) is 4.05. The Morgan fingerprint density at radius 3 is 2.78 bits per heavy atom. The number of unbranched alkanes of at least 4 members (excludes halogenated alkanes) is 1. The van der Waals surface area contributed by atoms with E-state index in [1.165, 1.54) is 0 Å². The maximum atomic E-state index is 12.0. The first-order chi connectivity index (χ1) is 8.67. The predicted molar refractivity (Wildman–Crippen MR) is 73.3 cm³/mol. The van der Waals surface area contributed by atoms with Gasteiger partial charge in [0.2, 0.25) is 5.91 Å². The van der Waals surface area contributed by atoms with Crippen LogP contribution in [0.25, 0.3) is 0 Å². The number of carbonyl (C=O) groups is 1. The van der Waals surface area contributed by atoms with Gasteiger partial charge in [-0.1, -0.05) is 38.8 Å². The highest BCUT2D eigenvalue weighted by Crippen LogP contribution is 2.14. The van der Waals surface area contributed by atoms with Crippen LogP contribution in [0.4, 0.5) is 0 Å². The zero-order valence-electron chi connectivity index (χ0n) is 11.3. The Bertz CT molecular complexity index is 377. The highest BCUT2D eigenvalue weighted by Gasteiger charge is 2.15. The number of phenols is 1. The molecule has 1 rings (SSSR count). The lowest BCUT2D eigenvalue weighted by atomic mass is 9.98. The van der Waals surface area contributed by atoms with Gasteiger partial charge in [0, 0.05) is 12.5 Å². The van der Waals surface area contributed by atoms with Gasteiger partial charge < -0.3 is 10.4 Å². The van der Waals surface area contributed by atoms with Crippen LogP contribution in [0.1, 0.15) is 45.1 Å². The predicted octanol–water partition coefficient (Wildman–Crippen LogP) is 3.22. The van der Waals surface area contributed by atoms with Crippen LogP contribution >= 0.6 is 0 Å². The number of aromatic hydroxyl groups is 1. The summed E-state index contributed by atoms with van der Waals surface area (Å²) in [5, 5.41) is 12.3. The molecule has 0 aliphatic rings. The van der Waals surface area contributed by atoms with Crippen molar-refractivity contribution < 1.29 is 9.90 Å². The van der Waals surface area contributed by atoms with E-state index in [1.807, 2.05) is 13.0 Å². The molecule has 1 atom stereocenters. The number of hydrogen-bond acceptors (Lipinski definition) is 2. The van der Waals surface area contributed by atoms with Gasteiger partial charge in [-0.25, -0.2) is 0 Å². The van der Waals surface area contributed by atoms with E-state index in [1.54, 1.807) is 18.2 Å². The molecular formula is C15H23NO2. The smallest absolute Gasteiger partial charge is 0.223 e. The molecule has 3 nitrogen and oxygen atoms in total. The lowest BCUT2D eigenvalue weighted by Crippen LogP contribution is -2.30. The third kappa shape index (κ3) is 4.78. The summed E-state index contributed by atoms with van der Waals surface area (Å²) >= 11 is 0. The van der Waals surface area contributed by atoms with Crippen molar-refractivity contribution in [2.45, 2.75) is 46.1 Å². The van der Waals surface area contributed by atoms with Crippen molar-refractivity contribution in [2.24, 2.45) is 5.92 Å². The lowest BCUT2D eigenvalue weighted by molar-refractivity contribution is -0.125. The third-order valence-electron chi connectivity index (χ3n) is 3.15. The molecule has 1 aromatic rings. The second kappa shape index (κ2) is 7.75. The van der Waals surface area contributed by atoms with Gasteiger partial charge in [0.1, 0.15) is 5.75 Å². The molecule has 1 unspecified atom stereocenters. The van der Waals surface area contributed by atoms with Gasteiger partial charge in [0.25, 0.3) is 0 Å². The van der Waals surface area contributed by atoms with Gasteiger partial charge in [-0.2, -0.15) is 0 Å². The fourth-order valence-electron chi connectivity index (χ4n) is 1.97. The highest BCUT2D eigenvalue weighted by atomic mass is 16.3. The molecule has 18 heavy (non-hydrogen) atoms. The Hall–Kier alpha value is -1.51. The molecule has 3 heteroatoms. The molecule has 1 amide bonds. The van der Waals surface area contributed by atoms with Crippen LogP contribution in [0.15, 0.2) is 24.3 Å². The number of phenolic OH excluding ortho intramolecular Hbond substituents is 1. The Labute approximate surface area is 109 Å². The minimum Gasteiger partial charge on any atom is -0.508 e. The molecule has 0 aliphatic carbocycles. The third-order valence-corrected chi connectivity index (χ3v) is 3.15. The first kappa shape index (κ1) is 14.6. The average Bonchev–Trinajstić information content (AvgIpc) is 2.37. The van der Waals surface area contributed by atoms with E-state index in [9.17, 15) is 9.90 Å². The van der Waals surface area contributed by atoms with Crippen LogP contribution < -0.4 is 5.32 Å². The molecule has 100 valence electrons. The molecular weight excluding hydrogens is 226 g/mol. The van der Waals surface area contributed by atoms with Crippen molar-refractivity contribution >= 4 is 5.91 Å². The van der Waals surface area contributed by atoms with Crippen molar-refractivity contribution in [1.82, 2.24) is 5.32 Å². The van der Waals surface area contributed by atoms with E-state index in [0.29, 0.717) is 6.54 Å².